The lowest BCUT2D eigenvalue weighted by atomic mass is 10.1. The third-order valence-electron chi connectivity index (χ3n) is 4.33. The van der Waals surface area contributed by atoms with Crippen molar-refractivity contribution in [2.75, 3.05) is 20.8 Å². The molecule has 0 amide bonds. The number of hydrogen-bond donors (Lipinski definition) is 3. The van der Waals surface area contributed by atoms with Gasteiger partial charge < -0.3 is 38.0 Å². The summed E-state index contributed by atoms with van der Waals surface area (Å²) in [5.74, 6) is -0.170. The van der Waals surface area contributed by atoms with Crippen LogP contribution < -0.4 is 16.0 Å². The lowest BCUT2D eigenvalue weighted by Crippen LogP contribution is -2.37. The fourth-order valence-electron chi connectivity index (χ4n) is 3.10. The number of phosphoric acid groups is 2. The molecule has 4 unspecified atom stereocenters. The molecule has 4 rings (SSSR count). The van der Waals surface area contributed by atoms with E-state index in [-0.39, 0.29) is 5.75 Å². The van der Waals surface area contributed by atoms with Crippen LogP contribution in [0, 0.1) is 0 Å². The number of fused-ring (bicyclic) bond motifs is 1. The first kappa shape index (κ1) is 24.1. The minimum atomic E-state index is -4.89. The number of ether oxygens (including phenoxy) is 5. The van der Waals surface area contributed by atoms with E-state index in [9.17, 15) is 28.5 Å². The van der Waals surface area contributed by atoms with Crippen molar-refractivity contribution >= 4 is 24.2 Å². The maximum atomic E-state index is 12.3. The summed E-state index contributed by atoms with van der Waals surface area (Å²) in [5, 5.41) is 0. The molecule has 0 spiro atoms. The van der Waals surface area contributed by atoms with Gasteiger partial charge in [0.15, 0.2) is 6.23 Å². The first-order valence-corrected chi connectivity index (χ1v) is 12.7. The van der Waals surface area contributed by atoms with Crippen LogP contribution in [0.2, 0.25) is 0 Å². The summed E-state index contributed by atoms with van der Waals surface area (Å²) in [6.07, 6.45) is -2.81. The summed E-state index contributed by atoms with van der Waals surface area (Å²) >= 11 is 0. The molecule has 20 heteroatoms. The van der Waals surface area contributed by atoms with Crippen LogP contribution in [-0.2, 0) is 45.5 Å². The highest BCUT2D eigenvalue weighted by Gasteiger charge is 2.55. The Morgan fingerprint density at radius 3 is 2.41 bits per heavy atom. The zero-order valence-corrected chi connectivity index (χ0v) is 18.8. The molecule has 3 fully saturated rings. The quantitative estimate of drug-likeness (QED) is 0.408. The predicted molar refractivity (Wildman–Crippen MR) is 98.1 cm³/mol. The zero-order valence-electron chi connectivity index (χ0n) is 16.2. The van der Waals surface area contributed by atoms with Crippen molar-refractivity contribution in [1.82, 2.24) is 9.55 Å². The van der Waals surface area contributed by atoms with Crippen molar-refractivity contribution in [3.8, 4) is 5.75 Å². The molecule has 3 N–H and O–H groups in total. The van der Waals surface area contributed by atoms with Crippen LogP contribution in [0.5, 0.6) is 5.75 Å². The van der Waals surface area contributed by atoms with E-state index in [1.807, 2.05) is 0 Å². The second-order valence-corrected chi connectivity index (χ2v) is 10.9. The Morgan fingerprint density at radius 1 is 1.12 bits per heavy atom. The van der Waals surface area contributed by atoms with E-state index in [1.165, 1.54) is 14.2 Å². The van der Waals surface area contributed by atoms with Crippen molar-refractivity contribution in [3.63, 3.8) is 0 Å². The summed E-state index contributed by atoms with van der Waals surface area (Å²) in [5.41, 5.74) is -1.58. The van der Waals surface area contributed by atoms with Crippen LogP contribution in [-0.4, -0.2) is 65.0 Å². The van der Waals surface area contributed by atoms with E-state index in [0.717, 1.165) is 10.8 Å². The molecule has 0 saturated carbocycles. The van der Waals surface area contributed by atoms with Crippen LogP contribution in [0.4, 0.5) is 0 Å². The van der Waals surface area contributed by atoms with Gasteiger partial charge in [0, 0.05) is 7.11 Å². The highest BCUT2D eigenvalue weighted by atomic mass is 31.3. The first-order valence-electron chi connectivity index (χ1n) is 8.60. The number of nitrogens with zero attached hydrogens (tertiary/aromatic N) is 1. The van der Waals surface area contributed by atoms with Crippen LogP contribution in [0.3, 0.4) is 0 Å². The molecule has 4 heterocycles. The third kappa shape index (κ3) is 4.91. The minimum absolute atomic E-state index is 0.170. The lowest BCUT2D eigenvalue weighted by molar-refractivity contribution is -0.256. The molecule has 0 aromatic carbocycles. The zero-order chi connectivity index (χ0) is 23.3. The molecule has 0 aliphatic carbocycles. The molecular formula is C12H17N2O15P3. The fourth-order valence-corrected chi connectivity index (χ4v) is 7.30. The van der Waals surface area contributed by atoms with Crippen LogP contribution in [0.25, 0.3) is 0 Å². The number of rotatable bonds is 6. The molecule has 0 radical (unpaired) electrons. The number of aromatic nitrogens is 2. The largest absolute Gasteiger partial charge is 0.490 e. The van der Waals surface area contributed by atoms with Gasteiger partial charge in [-0.3, -0.25) is 14.3 Å². The van der Waals surface area contributed by atoms with E-state index in [1.54, 1.807) is 0 Å². The van der Waals surface area contributed by atoms with E-state index in [4.69, 9.17) is 28.2 Å². The lowest BCUT2D eigenvalue weighted by Gasteiger charge is -2.27. The highest BCUT2D eigenvalue weighted by Crippen LogP contribution is 2.76. The summed E-state index contributed by atoms with van der Waals surface area (Å²) in [6, 6.07) is 0. The van der Waals surface area contributed by atoms with Crippen LogP contribution >= 0.6 is 24.2 Å². The van der Waals surface area contributed by atoms with Crippen LogP contribution in [0.1, 0.15) is 6.23 Å². The van der Waals surface area contributed by atoms with Gasteiger partial charge in [-0.2, -0.15) is 4.31 Å². The summed E-state index contributed by atoms with van der Waals surface area (Å²) in [6.45, 7) is -1.56. The molecular weight excluding hydrogens is 505 g/mol. The van der Waals surface area contributed by atoms with Crippen molar-refractivity contribution in [2.45, 2.75) is 31.0 Å². The Kier molecular flexibility index (Phi) is 6.75. The molecule has 7 atom stereocenters. The molecule has 1 aromatic heterocycles. The molecule has 17 nitrogen and oxygen atoms in total. The Hall–Kier alpha value is -1.03. The molecule has 3 aliphatic heterocycles. The SMILES string of the molecule is COc1cn([C@@H]2O[C@H](COP3OP(=O)(O)OP(=O)(O)O3)[C@@H]3OC(OC)OC32)c(=O)[nH]c1=O. The summed E-state index contributed by atoms with van der Waals surface area (Å²) < 4.78 is 69.1. The second-order valence-electron chi connectivity index (χ2n) is 6.36. The molecule has 1 aromatic rings. The van der Waals surface area contributed by atoms with Crippen molar-refractivity contribution in [2.24, 2.45) is 0 Å². The topological polar surface area (TPSA) is 213 Å². The van der Waals surface area contributed by atoms with Gasteiger partial charge in [0.25, 0.3) is 12.0 Å². The predicted octanol–water partition coefficient (Wildman–Crippen LogP) is -0.336. The average Bonchev–Trinajstić information content (AvgIpc) is 3.23. The third-order valence-corrected chi connectivity index (χ3v) is 9.06. The molecule has 0 bridgehead atoms. The highest BCUT2D eigenvalue weighted by molar-refractivity contribution is 7.72. The average molecular weight is 522 g/mol. The number of H-pyrrole nitrogens is 1. The van der Waals surface area contributed by atoms with Crippen LogP contribution in [0.15, 0.2) is 15.8 Å². The van der Waals surface area contributed by atoms with Crippen molar-refractivity contribution in [3.05, 3.63) is 27.0 Å². The Labute approximate surface area is 179 Å². The van der Waals surface area contributed by atoms with Crippen molar-refractivity contribution in [1.29, 1.82) is 0 Å². The van der Waals surface area contributed by atoms with E-state index in [2.05, 4.69) is 17.9 Å². The number of aromatic amines is 1. The minimum Gasteiger partial charge on any atom is -0.490 e. The fraction of sp³-hybridized carbons (Fsp3) is 0.667. The maximum absolute atomic E-state index is 12.3. The summed E-state index contributed by atoms with van der Waals surface area (Å²) in [7, 11) is -10.0. The van der Waals surface area contributed by atoms with Gasteiger partial charge in [0.1, 0.15) is 18.3 Å². The second kappa shape index (κ2) is 8.96. The Bertz CT molecular complexity index is 1050. The Morgan fingerprint density at radius 2 is 1.78 bits per heavy atom. The molecule has 180 valence electrons. The van der Waals surface area contributed by atoms with Gasteiger partial charge in [-0.1, -0.05) is 0 Å². The summed E-state index contributed by atoms with van der Waals surface area (Å²) in [4.78, 5) is 44.9. The standard InChI is InChI=1S/C12H17N2O15P3/c1-21-5-3-14(11(16)13-9(5)15)10-8-7(25-12(22-2)26-8)6(24-10)4-23-30-27-31(17,18)29-32(19,20)28-30/h3,6-8,10,12H,4H2,1-2H3,(H,17,18)(H,19,20)(H,13,15,16)/t6-,7+,8?,10-,12?/m1/s1. The number of methoxy groups -OCH3 is 2. The maximum Gasteiger partial charge on any atom is 0.488 e. The Balaban J connectivity index is 1.54. The van der Waals surface area contributed by atoms with Gasteiger partial charge in [0.2, 0.25) is 5.75 Å². The normalized spacial score (nSPS) is 41.5. The molecule has 3 saturated heterocycles. The van der Waals surface area contributed by atoms with E-state index < -0.39 is 73.1 Å². The van der Waals surface area contributed by atoms with E-state index >= 15 is 0 Å². The van der Waals surface area contributed by atoms with Gasteiger partial charge in [-0.15, -0.1) is 0 Å². The van der Waals surface area contributed by atoms with Crippen molar-refractivity contribution < 1.29 is 60.1 Å². The van der Waals surface area contributed by atoms with Gasteiger partial charge >= 0.3 is 29.9 Å². The van der Waals surface area contributed by atoms with Gasteiger partial charge in [-0.25, -0.2) is 22.5 Å². The number of nitrogens with one attached hydrogen (secondary N) is 1. The van der Waals surface area contributed by atoms with Gasteiger partial charge in [-0.05, 0) is 0 Å². The monoisotopic (exact) mass is 522 g/mol. The van der Waals surface area contributed by atoms with E-state index in [0.29, 0.717) is 0 Å². The number of hydrogen-bond acceptors (Lipinski definition) is 13. The van der Waals surface area contributed by atoms with Gasteiger partial charge in [0.05, 0.1) is 19.9 Å². The smallest absolute Gasteiger partial charge is 0.488 e. The molecule has 32 heavy (non-hydrogen) atoms. The first-order chi connectivity index (χ1) is 15.0. The molecule has 3 aliphatic rings.